The van der Waals surface area contributed by atoms with Crippen LogP contribution in [0.2, 0.25) is 0 Å². The SMILES string of the molecule is O=C1SCCN1CN1CCOCC1. The molecule has 0 radical (unpaired) electrons. The van der Waals surface area contributed by atoms with E-state index in [2.05, 4.69) is 4.90 Å². The summed E-state index contributed by atoms with van der Waals surface area (Å²) in [5, 5.41) is 0.228. The molecule has 2 aliphatic heterocycles. The van der Waals surface area contributed by atoms with Gasteiger partial charge in [-0.2, -0.15) is 0 Å². The Labute approximate surface area is 82.2 Å². The molecule has 0 N–H and O–H groups in total. The number of hydrogen-bond acceptors (Lipinski definition) is 4. The molecule has 74 valence electrons. The molecular formula is C8H14N2O2S. The Bertz CT molecular complexity index is 195. The first-order valence-electron chi connectivity index (χ1n) is 4.58. The molecule has 2 saturated heterocycles. The van der Waals surface area contributed by atoms with Crippen molar-refractivity contribution in [3.8, 4) is 0 Å². The number of amides is 1. The van der Waals surface area contributed by atoms with E-state index in [1.165, 1.54) is 11.8 Å². The van der Waals surface area contributed by atoms with Gasteiger partial charge >= 0.3 is 0 Å². The van der Waals surface area contributed by atoms with Crippen LogP contribution in [0.25, 0.3) is 0 Å². The second-order valence-electron chi connectivity index (χ2n) is 3.25. The van der Waals surface area contributed by atoms with Crippen molar-refractivity contribution < 1.29 is 9.53 Å². The van der Waals surface area contributed by atoms with E-state index in [1.807, 2.05) is 4.90 Å². The average molecular weight is 202 g/mol. The molecule has 0 aromatic rings. The van der Waals surface area contributed by atoms with E-state index in [0.717, 1.165) is 45.3 Å². The number of thioether (sulfide) groups is 1. The fourth-order valence-corrected chi connectivity index (χ4v) is 2.36. The molecule has 5 heteroatoms. The molecule has 0 spiro atoms. The molecule has 0 aromatic heterocycles. The summed E-state index contributed by atoms with van der Waals surface area (Å²) in [5.74, 6) is 0.948. The third kappa shape index (κ3) is 2.36. The maximum atomic E-state index is 11.3. The van der Waals surface area contributed by atoms with Gasteiger partial charge in [0.05, 0.1) is 19.9 Å². The number of rotatable bonds is 2. The van der Waals surface area contributed by atoms with Crippen LogP contribution in [0.1, 0.15) is 0 Å². The fraction of sp³-hybridized carbons (Fsp3) is 0.875. The largest absolute Gasteiger partial charge is 0.379 e. The quantitative estimate of drug-likeness (QED) is 0.650. The van der Waals surface area contributed by atoms with Gasteiger partial charge in [0.15, 0.2) is 0 Å². The van der Waals surface area contributed by atoms with Crippen LogP contribution in [-0.2, 0) is 4.74 Å². The zero-order valence-electron chi connectivity index (χ0n) is 7.57. The maximum absolute atomic E-state index is 11.3. The highest BCUT2D eigenvalue weighted by atomic mass is 32.2. The first-order valence-corrected chi connectivity index (χ1v) is 5.56. The number of morpholine rings is 1. The molecule has 4 nitrogen and oxygen atoms in total. The molecule has 0 aromatic carbocycles. The molecule has 2 rings (SSSR count). The van der Waals surface area contributed by atoms with E-state index in [1.54, 1.807) is 0 Å². The fourth-order valence-electron chi connectivity index (χ4n) is 1.54. The lowest BCUT2D eigenvalue weighted by Gasteiger charge is -2.30. The van der Waals surface area contributed by atoms with Gasteiger partial charge in [-0.3, -0.25) is 9.69 Å². The second-order valence-corrected chi connectivity index (χ2v) is 4.30. The minimum Gasteiger partial charge on any atom is -0.379 e. The van der Waals surface area contributed by atoms with E-state index in [-0.39, 0.29) is 5.24 Å². The highest BCUT2D eigenvalue weighted by Gasteiger charge is 2.23. The summed E-state index contributed by atoms with van der Waals surface area (Å²) in [6, 6.07) is 0. The zero-order chi connectivity index (χ0) is 9.10. The summed E-state index contributed by atoms with van der Waals surface area (Å²) < 4.78 is 5.24. The Kier molecular flexibility index (Phi) is 3.08. The van der Waals surface area contributed by atoms with Gasteiger partial charge in [-0.1, -0.05) is 11.8 Å². The Morgan fingerprint density at radius 1 is 1.31 bits per heavy atom. The van der Waals surface area contributed by atoms with Crippen molar-refractivity contribution in [2.75, 3.05) is 45.3 Å². The average Bonchev–Trinajstić information content (AvgIpc) is 2.54. The Morgan fingerprint density at radius 3 is 2.69 bits per heavy atom. The molecule has 0 atom stereocenters. The molecule has 2 heterocycles. The van der Waals surface area contributed by atoms with Crippen molar-refractivity contribution in [1.29, 1.82) is 0 Å². The van der Waals surface area contributed by atoms with Gasteiger partial charge in [0.2, 0.25) is 0 Å². The van der Waals surface area contributed by atoms with E-state index in [4.69, 9.17) is 4.74 Å². The summed E-state index contributed by atoms with van der Waals surface area (Å²) in [7, 11) is 0. The molecule has 0 bridgehead atoms. The number of carbonyl (C=O) groups is 1. The smallest absolute Gasteiger partial charge is 0.282 e. The maximum Gasteiger partial charge on any atom is 0.282 e. The second kappa shape index (κ2) is 4.30. The topological polar surface area (TPSA) is 32.8 Å². The zero-order valence-corrected chi connectivity index (χ0v) is 8.39. The van der Waals surface area contributed by atoms with E-state index < -0.39 is 0 Å². The van der Waals surface area contributed by atoms with E-state index in [0.29, 0.717) is 0 Å². The van der Waals surface area contributed by atoms with Gasteiger partial charge in [-0.05, 0) is 0 Å². The van der Waals surface area contributed by atoms with Crippen LogP contribution in [0.4, 0.5) is 4.79 Å². The van der Waals surface area contributed by atoms with Crippen LogP contribution in [0, 0.1) is 0 Å². The normalized spacial score (nSPS) is 25.5. The number of ether oxygens (including phenoxy) is 1. The van der Waals surface area contributed by atoms with Crippen molar-refractivity contribution in [3.63, 3.8) is 0 Å². The molecule has 2 fully saturated rings. The van der Waals surface area contributed by atoms with E-state index in [9.17, 15) is 4.79 Å². The summed E-state index contributed by atoms with van der Waals surface area (Å²) >= 11 is 1.42. The Morgan fingerprint density at radius 2 is 2.08 bits per heavy atom. The molecule has 2 aliphatic rings. The van der Waals surface area contributed by atoms with Gasteiger partial charge in [0, 0.05) is 25.4 Å². The summed E-state index contributed by atoms with van der Waals surface area (Å²) in [6.07, 6.45) is 0. The van der Waals surface area contributed by atoms with Crippen LogP contribution in [0.5, 0.6) is 0 Å². The molecule has 0 unspecified atom stereocenters. The van der Waals surface area contributed by atoms with Crippen molar-refractivity contribution >= 4 is 17.0 Å². The molecule has 1 amide bonds. The third-order valence-corrected chi connectivity index (χ3v) is 3.21. The van der Waals surface area contributed by atoms with E-state index >= 15 is 0 Å². The van der Waals surface area contributed by atoms with Gasteiger partial charge in [-0.15, -0.1) is 0 Å². The molecule has 0 aliphatic carbocycles. The lowest BCUT2D eigenvalue weighted by atomic mass is 10.4. The van der Waals surface area contributed by atoms with Crippen LogP contribution in [0.15, 0.2) is 0 Å². The van der Waals surface area contributed by atoms with Crippen LogP contribution in [0.3, 0.4) is 0 Å². The number of carbonyl (C=O) groups excluding carboxylic acids is 1. The van der Waals surface area contributed by atoms with Crippen LogP contribution < -0.4 is 0 Å². The highest BCUT2D eigenvalue weighted by Crippen LogP contribution is 2.17. The van der Waals surface area contributed by atoms with Gasteiger partial charge in [0.1, 0.15) is 0 Å². The molecular weight excluding hydrogens is 188 g/mol. The molecule has 0 saturated carbocycles. The first kappa shape index (κ1) is 9.30. The Hall–Kier alpha value is -0.260. The van der Waals surface area contributed by atoms with Crippen molar-refractivity contribution in [1.82, 2.24) is 9.80 Å². The van der Waals surface area contributed by atoms with Crippen molar-refractivity contribution in [2.24, 2.45) is 0 Å². The summed E-state index contributed by atoms with van der Waals surface area (Å²) in [5.41, 5.74) is 0. The third-order valence-electron chi connectivity index (χ3n) is 2.32. The van der Waals surface area contributed by atoms with Crippen LogP contribution >= 0.6 is 11.8 Å². The summed E-state index contributed by atoms with van der Waals surface area (Å²) in [6.45, 7) is 5.20. The monoisotopic (exact) mass is 202 g/mol. The van der Waals surface area contributed by atoms with Gasteiger partial charge in [0.25, 0.3) is 5.24 Å². The minimum atomic E-state index is 0.228. The molecule has 13 heavy (non-hydrogen) atoms. The van der Waals surface area contributed by atoms with Crippen molar-refractivity contribution in [2.45, 2.75) is 0 Å². The predicted octanol–water partition coefficient (Wildman–Crippen LogP) is 0.445. The lowest BCUT2D eigenvalue weighted by molar-refractivity contribution is 0.0202. The minimum absolute atomic E-state index is 0.228. The van der Waals surface area contributed by atoms with Gasteiger partial charge in [-0.25, -0.2) is 0 Å². The lowest BCUT2D eigenvalue weighted by Crippen LogP contribution is -2.44. The number of nitrogens with zero attached hydrogens (tertiary/aromatic N) is 2. The van der Waals surface area contributed by atoms with Crippen molar-refractivity contribution in [3.05, 3.63) is 0 Å². The standard InChI is InChI=1S/C8H14N2O2S/c11-8-10(3-6-13-8)7-9-1-4-12-5-2-9/h1-7H2. The van der Waals surface area contributed by atoms with Crippen LogP contribution in [-0.4, -0.2) is 60.3 Å². The first-order chi connectivity index (χ1) is 6.36. The predicted molar refractivity (Wildman–Crippen MR) is 51.8 cm³/mol. The number of hydrogen-bond donors (Lipinski definition) is 0. The summed E-state index contributed by atoms with van der Waals surface area (Å²) in [4.78, 5) is 15.5. The Balaban J connectivity index is 1.79. The highest BCUT2D eigenvalue weighted by molar-refractivity contribution is 8.13. The van der Waals surface area contributed by atoms with Gasteiger partial charge < -0.3 is 9.64 Å².